The number of aromatic nitrogens is 4. The van der Waals surface area contributed by atoms with Crippen LogP contribution in [-0.2, 0) is 19.1 Å². The van der Waals surface area contributed by atoms with Crippen LogP contribution in [0, 0.1) is 25.2 Å². The number of hydrogen-bond donors (Lipinski definition) is 1. The van der Waals surface area contributed by atoms with Crippen molar-refractivity contribution in [2.45, 2.75) is 39.8 Å². The monoisotopic (exact) mass is 537 g/mol. The third kappa shape index (κ3) is 5.79. The van der Waals surface area contributed by atoms with Gasteiger partial charge in [-0.1, -0.05) is 11.6 Å². The van der Waals surface area contributed by atoms with Crippen LogP contribution in [0.3, 0.4) is 0 Å². The van der Waals surface area contributed by atoms with Gasteiger partial charge in [0.2, 0.25) is 5.75 Å². The van der Waals surface area contributed by atoms with E-state index in [0.717, 1.165) is 16.5 Å². The van der Waals surface area contributed by atoms with Gasteiger partial charge in [0.1, 0.15) is 6.61 Å². The summed E-state index contributed by atoms with van der Waals surface area (Å²) in [6.07, 6.45) is 4.24. The minimum atomic E-state index is -3.46. The van der Waals surface area contributed by atoms with Crippen molar-refractivity contribution in [1.82, 2.24) is 19.5 Å². The minimum Gasteiger partial charge on any atom is -0.481 e. The maximum Gasteiger partial charge on any atom is 0.296 e. The summed E-state index contributed by atoms with van der Waals surface area (Å²) in [5.41, 5.74) is 1.59. The van der Waals surface area contributed by atoms with Gasteiger partial charge in [0, 0.05) is 41.2 Å². The molecule has 1 N–H and O–H groups in total. The first-order valence-electron chi connectivity index (χ1n) is 11.4. The van der Waals surface area contributed by atoms with Gasteiger partial charge in [0.15, 0.2) is 5.69 Å². The van der Waals surface area contributed by atoms with Gasteiger partial charge in [-0.3, -0.25) is 19.1 Å². The normalized spacial score (nSPS) is 11.3. The second-order valence-corrected chi connectivity index (χ2v) is 9.34. The summed E-state index contributed by atoms with van der Waals surface area (Å²) in [7, 11) is 0. The average Bonchev–Trinajstić information content (AvgIpc) is 2.84. The van der Waals surface area contributed by atoms with Gasteiger partial charge in [0.25, 0.3) is 17.0 Å². The quantitative estimate of drug-likeness (QED) is 0.359. The summed E-state index contributed by atoms with van der Waals surface area (Å²) in [4.78, 5) is 36.7. The second kappa shape index (κ2) is 10.6. The molecule has 0 amide bonds. The van der Waals surface area contributed by atoms with E-state index in [1.54, 1.807) is 25.4 Å². The van der Waals surface area contributed by atoms with E-state index in [-0.39, 0.29) is 29.3 Å². The molecule has 38 heavy (non-hydrogen) atoms. The molecule has 3 heterocycles. The Hall–Kier alpha value is -4.36. The Bertz CT molecular complexity index is 1690. The fraction of sp³-hybridized carbons (Fsp3) is 0.222. The molecule has 4 rings (SSSR count). The van der Waals surface area contributed by atoms with Crippen molar-refractivity contribution in [2.75, 3.05) is 0 Å². The molecule has 0 aliphatic rings. The molecule has 11 heteroatoms. The van der Waals surface area contributed by atoms with Gasteiger partial charge in [-0.2, -0.15) is 14.0 Å². The van der Waals surface area contributed by atoms with Crippen LogP contribution in [-0.4, -0.2) is 19.5 Å². The van der Waals surface area contributed by atoms with Gasteiger partial charge >= 0.3 is 0 Å². The Labute approximate surface area is 221 Å². The molecule has 194 valence electrons. The van der Waals surface area contributed by atoms with Crippen LogP contribution in [0.15, 0.2) is 58.6 Å². The molecule has 0 saturated carbocycles. The van der Waals surface area contributed by atoms with Gasteiger partial charge in [-0.25, -0.2) is 4.98 Å². The number of alkyl halides is 2. The summed E-state index contributed by atoms with van der Waals surface area (Å²) in [6, 6.07) is 9.83. The number of rotatable bonds is 7. The van der Waals surface area contributed by atoms with E-state index in [1.807, 2.05) is 19.1 Å². The Morgan fingerprint density at radius 3 is 2.61 bits per heavy atom. The van der Waals surface area contributed by atoms with Crippen molar-refractivity contribution < 1.29 is 13.5 Å². The molecule has 0 saturated heterocycles. The van der Waals surface area contributed by atoms with Crippen LogP contribution >= 0.6 is 11.6 Å². The molecule has 0 aliphatic carbocycles. The number of pyridine rings is 2. The highest BCUT2D eigenvalue weighted by Gasteiger charge is 2.33. The number of benzene rings is 1. The number of ether oxygens (including phenoxy) is 1. The maximum atomic E-state index is 14.3. The summed E-state index contributed by atoms with van der Waals surface area (Å²) in [5.74, 6) is -4.08. The molecular formula is C27H22ClF2N5O3. The van der Waals surface area contributed by atoms with E-state index < -0.39 is 22.9 Å². The molecule has 0 atom stereocenters. The number of nitriles is 1. The van der Waals surface area contributed by atoms with Gasteiger partial charge in [-0.15, -0.1) is 0 Å². The molecular weight excluding hydrogens is 516 g/mol. The summed E-state index contributed by atoms with van der Waals surface area (Å²) < 4.78 is 35.4. The van der Waals surface area contributed by atoms with E-state index >= 15 is 0 Å². The van der Waals surface area contributed by atoms with Crippen molar-refractivity contribution in [3.63, 3.8) is 0 Å². The van der Waals surface area contributed by atoms with Gasteiger partial charge < -0.3 is 9.72 Å². The van der Waals surface area contributed by atoms with Crippen LogP contribution in [0.2, 0.25) is 5.02 Å². The Kier molecular flexibility index (Phi) is 7.41. The number of aromatic amines is 1. The minimum absolute atomic E-state index is 0.0671. The zero-order valence-corrected chi connectivity index (χ0v) is 21.4. The molecule has 0 spiro atoms. The van der Waals surface area contributed by atoms with E-state index in [1.165, 1.54) is 18.2 Å². The van der Waals surface area contributed by atoms with Crippen molar-refractivity contribution >= 4 is 11.6 Å². The number of nitrogens with one attached hydrogen (secondary N) is 1. The largest absolute Gasteiger partial charge is 0.481 e. The third-order valence-electron chi connectivity index (χ3n) is 5.75. The van der Waals surface area contributed by atoms with E-state index in [4.69, 9.17) is 21.6 Å². The predicted molar refractivity (Wildman–Crippen MR) is 137 cm³/mol. The van der Waals surface area contributed by atoms with Crippen molar-refractivity contribution in [3.8, 4) is 22.9 Å². The average molecular weight is 538 g/mol. The molecule has 0 unspecified atom stereocenters. The van der Waals surface area contributed by atoms with Crippen LogP contribution in [0.25, 0.3) is 11.1 Å². The molecule has 8 nitrogen and oxygen atoms in total. The molecule has 0 aliphatic heterocycles. The fourth-order valence-electron chi connectivity index (χ4n) is 3.91. The number of nitrogens with zero attached hydrogens (tertiary/aromatic N) is 4. The molecule has 0 fully saturated rings. The van der Waals surface area contributed by atoms with Crippen molar-refractivity contribution in [2.24, 2.45) is 0 Å². The fourth-order valence-corrected chi connectivity index (χ4v) is 4.17. The summed E-state index contributed by atoms with van der Waals surface area (Å²) >= 11 is 6.02. The lowest BCUT2D eigenvalue weighted by molar-refractivity contribution is 0.00864. The zero-order chi connectivity index (χ0) is 27.6. The molecule has 1 aromatic carbocycles. The molecule has 4 aromatic rings. The first-order valence-corrected chi connectivity index (χ1v) is 11.8. The second-order valence-electron chi connectivity index (χ2n) is 8.91. The SMILES string of the molecule is Cc1cncc(-c2cc(Cn3cnc(C(C)(F)F)c(OCc4cc(Cl)cc(C#N)c4)c3=O)c(C)[nH]c2=O)c1. The van der Waals surface area contributed by atoms with Crippen molar-refractivity contribution in [1.29, 1.82) is 5.26 Å². The number of halogens is 3. The third-order valence-corrected chi connectivity index (χ3v) is 5.97. The van der Waals surface area contributed by atoms with Crippen LogP contribution in [0.5, 0.6) is 5.75 Å². The number of hydrogen-bond acceptors (Lipinski definition) is 6. The van der Waals surface area contributed by atoms with E-state index in [2.05, 4.69) is 15.0 Å². The first-order chi connectivity index (χ1) is 18.0. The van der Waals surface area contributed by atoms with Crippen LogP contribution in [0.1, 0.15) is 40.6 Å². The van der Waals surface area contributed by atoms with Crippen molar-refractivity contribution in [3.05, 3.63) is 108 Å². The highest BCUT2D eigenvalue weighted by molar-refractivity contribution is 6.30. The topological polar surface area (TPSA) is 114 Å². The smallest absolute Gasteiger partial charge is 0.296 e. The van der Waals surface area contributed by atoms with E-state index in [9.17, 15) is 18.4 Å². The Balaban J connectivity index is 1.73. The standard InChI is InChI=1S/C27H22ClF2N5O3/c1-15-4-19(11-32-10-15)22-8-20(16(2)34-25(22)36)12-35-14-33-24(27(3,29)30)23(26(35)37)38-13-18-5-17(9-31)6-21(28)7-18/h4-8,10-11,14H,12-13H2,1-3H3,(H,34,36). The molecule has 0 bridgehead atoms. The Morgan fingerprint density at radius 1 is 1.16 bits per heavy atom. The number of aryl methyl sites for hydroxylation is 2. The molecule has 0 radical (unpaired) electrons. The first kappa shape index (κ1) is 26.7. The number of H-pyrrole nitrogens is 1. The highest BCUT2D eigenvalue weighted by Crippen LogP contribution is 2.31. The Morgan fingerprint density at radius 2 is 1.92 bits per heavy atom. The lowest BCUT2D eigenvalue weighted by Crippen LogP contribution is -2.28. The lowest BCUT2D eigenvalue weighted by atomic mass is 10.0. The van der Waals surface area contributed by atoms with Gasteiger partial charge in [0.05, 0.1) is 24.5 Å². The van der Waals surface area contributed by atoms with E-state index in [0.29, 0.717) is 34.9 Å². The maximum absolute atomic E-state index is 14.3. The molecule has 3 aromatic heterocycles. The predicted octanol–water partition coefficient (Wildman–Crippen LogP) is 4.87. The van der Waals surface area contributed by atoms with Crippen LogP contribution < -0.4 is 15.9 Å². The summed E-state index contributed by atoms with van der Waals surface area (Å²) in [6.45, 7) is 3.78. The van der Waals surface area contributed by atoms with Gasteiger partial charge in [-0.05, 0) is 60.9 Å². The zero-order valence-electron chi connectivity index (χ0n) is 20.7. The van der Waals surface area contributed by atoms with Crippen LogP contribution in [0.4, 0.5) is 8.78 Å². The highest BCUT2D eigenvalue weighted by atomic mass is 35.5. The summed E-state index contributed by atoms with van der Waals surface area (Å²) in [5, 5.41) is 9.42. The lowest BCUT2D eigenvalue weighted by Gasteiger charge is -2.17.